The van der Waals surface area contributed by atoms with Gasteiger partial charge < -0.3 is 9.76 Å². The highest BCUT2D eigenvalue weighted by molar-refractivity contribution is 6.65. The smallest absolute Gasteiger partial charge is 0.320 e. The van der Waals surface area contributed by atoms with E-state index < -0.39 is 6.92 Å². The van der Waals surface area contributed by atoms with Gasteiger partial charge in [0.15, 0.2) is 0 Å². The van der Waals surface area contributed by atoms with Crippen LogP contribution in [0.5, 0.6) is 5.75 Å². The largest absolute Gasteiger partial charge is 0.494 e. The molecule has 2 aromatic carbocycles. The van der Waals surface area contributed by atoms with E-state index in [4.69, 9.17) is 4.74 Å². The van der Waals surface area contributed by atoms with E-state index in [0.29, 0.717) is 6.61 Å². The van der Waals surface area contributed by atoms with Crippen molar-refractivity contribution in [2.75, 3.05) is 6.61 Å². The van der Waals surface area contributed by atoms with Gasteiger partial charge in [-0.05, 0) is 35.3 Å². The van der Waals surface area contributed by atoms with Gasteiger partial charge in [0.2, 0.25) is 0 Å². The van der Waals surface area contributed by atoms with Crippen LogP contribution >= 0.6 is 0 Å². The topological polar surface area (TPSA) is 29.5 Å². The molecule has 0 atom stereocenters. The van der Waals surface area contributed by atoms with Crippen molar-refractivity contribution < 1.29 is 9.76 Å². The van der Waals surface area contributed by atoms with E-state index in [0.717, 1.165) is 22.0 Å². The first-order valence-electron chi connectivity index (χ1n) is 5.55. The molecule has 0 spiro atoms. The van der Waals surface area contributed by atoms with Gasteiger partial charge in [-0.1, -0.05) is 31.1 Å². The average molecular weight is 214 g/mol. The predicted octanol–water partition coefficient (Wildman–Crippen LogP) is 2.06. The van der Waals surface area contributed by atoms with Gasteiger partial charge in [0.05, 0.1) is 6.61 Å². The van der Waals surface area contributed by atoms with Crippen LogP contribution in [0.2, 0.25) is 6.82 Å². The Morgan fingerprint density at radius 2 is 1.81 bits per heavy atom. The third-order valence-corrected chi connectivity index (χ3v) is 2.63. The maximum Gasteiger partial charge on any atom is 0.320 e. The van der Waals surface area contributed by atoms with E-state index in [1.165, 1.54) is 0 Å². The molecule has 0 bridgehead atoms. The van der Waals surface area contributed by atoms with E-state index in [1.54, 1.807) is 6.82 Å². The standard InChI is InChI=1S/C13H15BO2/c1-3-16-13-7-5-10-8-12(14(2)15)6-4-11(10)9-13/h4-9,15H,3H2,1-2H3. The molecule has 3 heteroatoms. The van der Waals surface area contributed by atoms with Crippen LogP contribution in [0.15, 0.2) is 36.4 Å². The highest BCUT2D eigenvalue weighted by Crippen LogP contribution is 2.20. The van der Waals surface area contributed by atoms with Crippen molar-refractivity contribution in [2.24, 2.45) is 0 Å². The second-order valence-corrected chi connectivity index (χ2v) is 3.88. The highest BCUT2D eigenvalue weighted by atomic mass is 16.5. The summed E-state index contributed by atoms with van der Waals surface area (Å²) in [4.78, 5) is 0. The first-order valence-corrected chi connectivity index (χ1v) is 5.55. The number of ether oxygens (including phenoxy) is 1. The van der Waals surface area contributed by atoms with Crippen molar-refractivity contribution in [3.8, 4) is 5.75 Å². The molecule has 2 aromatic rings. The maximum absolute atomic E-state index is 9.50. The van der Waals surface area contributed by atoms with Crippen molar-refractivity contribution in [1.82, 2.24) is 0 Å². The van der Waals surface area contributed by atoms with Gasteiger partial charge >= 0.3 is 6.92 Å². The fourth-order valence-corrected chi connectivity index (χ4v) is 1.76. The molecule has 0 heterocycles. The number of hydrogen-bond acceptors (Lipinski definition) is 2. The van der Waals surface area contributed by atoms with Crippen LogP contribution in [-0.4, -0.2) is 18.5 Å². The van der Waals surface area contributed by atoms with Gasteiger partial charge in [0.25, 0.3) is 0 Å². The molecular formula is C13H15BO2. The molecule has 16 heavy (non-hydrogen) atoms. The lowest BCUT2D eigenvalue weighted by molar-refractivity contribution is 0.341. The fourth-order valence-electron chi connectivity index (χ4n) is 1.76. The molecule has 0 radical (unpaired) electrons. The van der Waals surface area contributed by atoms with Crippen LogP contribution in [0.1, 0.15) is 6.92 Å². The van der Waals surface area contributed by atoms with E-state index in [9.17, 15) is 5.02 Å². The third kappa shape index (κ3) is 2.20. The van der Waals surface area contributed by atoms with Gasteiger partial charge in [-0.15, -0.1) is 0 Å². The van der Waals surface area contributed by atoms with Crippen molar-refractivity contribution in [3.05, 3.63) is 36.4 Å². The van der Waals surface area contributed by atoms with Crippen LogP contribution in [0.3, 0.4) is 0 Å². The monoisotopic (exact) mass is 214 g/mol. The van der Waals surface area contributed by atoms with E-state index >= 15 is 0 Å². The van der Waals surface area contributed by atoms with Gasteiger partial charge in [-0.25, -0.2) is 0 Å². The van der Waals surface area contributed by atoms with Crippen molar-refractivity contribution in [1.29, 1.82) is 0 Å². The number of rotatable bonds is 3. The Morgan fingerprint density at radius 3 is 2.50 bits per heavy atom. The number of hydrogen-bond donors (Lipinski definition) is 1. The van der Waals surface area contributed by atoms with Gasteiger partial charge in [0.1, 0.15) is 5.75 Å². The summed E-state index contributed by atoms with van der Waals surface area (Å²) in [6.07, 6.45) is 0. The van der Waals surface area contributed by atoms with Gasteiger partial charge in [-0.3, -0.25) is 0 Å². The molecule has 0 aliphatic heterocycles. The first-order chi connectivity index (χ1) is 7.70. The summed E-state index contributed by atoms with van der Waals surface area (Å²) in [5.74, 6) is 0.889. The number of fused-ring (bicyclic) bond motifs is 1. The molecule has 0 saturated carbocycles. The molecule has 2 rings (SSSR count). The van der Waals surface area contributed by atoms with Gasteiger partial charge in [0, 0.05) is 0 Å². The van der Waals surface area contributed by atoms with Crippen LogP contribution in [0.4, 0.5) is 0 Å². The molecule has 82 valence electrons. The molecule has 2 nitrogen and oxygen atoms in total. The van der Waals surface area contributed by atoms with E-state index in [-0.39, 0.29) is 0 Å². The third-order valence-electron chi connectivity index (χ3n) is 2.63. The van der Waals surface area contributed by atoms with Crippen molar-refractivity contribution >= 4 is 23.2 Å². The molecule has 0 fully saturated rings. The summed E-state index contributed by atoms with van der Waals surface area (Å²) in [5.41, 5.74) is 0.941. The minimum Gasteiger partial charge on any atom is -0.494 e. The molecule has 0 aliphatic rings. The Labute approximate surface area is 96.0 Å². The zero-order valence-electron chi connectivity index (χ0n) is 9.60. The molecule has 0 amide bonds. The zero-order chi connectivity index (χ0) is 11.5. The summed E-state index contributed by atoms with van der Waals surface area (Å²) >= 11 is 0. The SMILES string of the molecule is CCOc1ccc2cc(B(C)O)ccc2c1. The van der Waals surface area contributed by atoms with Crippen molar-refractivity contribution in [2.45, 2.75) is 13.7 Å². The molecule has 1 N–H and O–H groups in total. The van der Waals surface area contributed by atoms with Crippen LogP contribution in [0.25, 0.3) is 10.8 Å². The second-order valence-electron chi connectivity index (χ2n) is 3.88. The lowest BCUT2D eigenvalue weighted by Crippen LogP contribution is -2.25. The Kier molecular flexibility index (Phi) is 3.16. The molecule has 0 aromatic heterocycles. The first kappa shape index (κ1) is 11.0. The molecular weight excluding hydrogens is 199 g/mol. The molecule has 0 unspecified atom stereocenters. The summed E-state index contributed by atoms with van der Waals surface area (Å²) in [7, 11) is 0. The lowest BCUT2D eigenvalue weighted by Gasteiger charge is -2.06. The molecule has 0 aliphatic carbocycles. The molecule has 0 saturated heterocycles. The van der Waals surface area contributed by atoms with Crippen molar-refractivity contribution in [3.63, 3.8) is 0 Å². The van der Waals surface area contributed by atoms with Crippen LogP contribution in [0, 0.1) is 0 Å². The Balaban J connectivity index is 2.44. The lowest BCUT2D eigenvalue weighted by atomic mass is 9.64. The Morgan fingerprint density at radius 1 is 1.12 bits per heavy atom. The maximum atomic E-state index is 9.50. The summed E-state index contributed by atoms with van der Waals surface area (Å²) in [6.45, 7) is 4.00. The van der Waals surface area contributed by atoms with E-state index in [2.05, 4.69) is 0 Å². The second kappa shape index (κ2) is 4.58. The minimum atomic E-state index is -0.420. The van der Waals surface area contributed by atoms with Crippen LogP contribution < -0.4 is 10.2 Å². The zero-order valence-corrected chi connectivity index (χ0v) is 9.60. The fraction of sp³-hybridized carbons (Fsp3) is 0.231. The average Bonchev–Trinajstić information content (AvgIpc) is 2.28. The normalized spacial score (nSPS) is 10.4. The summed E-state index contributed by atoms with van der Waals surface area (Å²) in [5, 5.41) is 11.8. The summed E-state index contributed by atoms with van der Waals surface area (Å²) in [6, 6.07) is 12.0. The Hall–Kier alpha value is -1.48. The Bertz CT molecular complexity index is 494. The summed E-state index contributed by atoms with van der Waals surface area (Å²) < 4.78 is 5.44. The predicted molar refractivity (Wildman–Crippen MR) is 68.6 cm³/mol. The quantitative estimate of drug-likeness (QED) is 0.792. The van der Waals surface area contributed by atoms with Crippen LogP contribution in [-0.2, 0) is 0 Å². The van der Waals surface area contributed by atoms with E-state index in [1.807, 2.05) is 43.3 Å². The highest BCUT2D eigenvalue weighted by Gasteiger charge is 2.06. The minimum absolute atomic E-state index is 0.420. The number of benzene rings is 2. The van der Waals surface area contributed by atoms with Gasteiger partial charge in [-0.2, -0.15) is 0 Å².